The predicted molar refractivity (Wildman–Crippen MR) is 120 cm³/mol. The lowest BCUT2D eigenvalue weighted by Gasteiger charge is -2.04. The van der Waals surface area contributed by atoms with Gasteiger partial charge in [-0.1, -0.05) is 18.2 Å². The minimum Gasteiger partial charge on any atom is -0.463 e. The molecule has 0 saturated carbocycles. The molecule has 11 nitrogen and oxygen atoms in total. The van der Waals surface area contributed by atoms with E-state index in [4.69, 9.17) is 14.2 Å². The van der Waals surface area contributed by atoms with Gasteiger partial charge in [0, 0.05) is 0 Å². The molecular formula is C23H22N4O7. The van der Waals surface area contributed by atoms with Gasteiger partial charge in [-0.25, -0.2) is 19.1 Å². The smallest absolute Gasteiger partial charge is 0.358 e. The molecule has 176 valence electrons. The summed E-state index contributed by atoms with van der Waals surface area (Å²) in [4.78, 5) is 48.6. The van der Waals surface area contributed by atoms with E-state index in [1.165, 1.54) is 28.9 Å². The van der Waals surface area contributed by atoms with Gasteiger partial charge in [0.15, 0.2) is 18.0 Å². The molecule has 0 amide bonds. The molecule has 0 aliphatic carbocycles. The summed E-state index contributed by atoms with van der Waals surface area (Å²) in [6.07, 6.45) is 0. The van der Waals surface area contributed by atoms with Gasteiger partial charge in [0.1, 0.15) is 0 Å². The number of aromatic amines is 1. The van der Waals surface area contributed by atoms with Crippen molar-refractivity contribution in [2.24, 2.45) is 10.2 Å². The van der Waals surface area contributed by atoms with Gasteiger partial charge >= 0.3 is 17.9 Å². The summed E-state index contributed by atoms with van der Waals surface area (Å²) >= 11 is 0. The van der Waals surface area contributed by atoms with Gasteiger partial charge in [-0.2, -0.15) is 5.11 Å². The number of nitrogens with one attached hydrogen (secondary N) is 1. The quantitative estimate of drug-likeness (QED) is 0.289. The molecule has 0 aliphatic rings. The summed E-state index contributed by atoms with van der Waals surface area (Å²) in [5.74, 6) is -2.10. The standard InChI is InChI=1S/C23H22N4O7/c1-3-32-18(28)14-34-22(30)15-10-12-16(13-11-15)24-25-19-20(23(31)33-4-2)26-27(21(19)29)17-8-6-5-7-9-17/h5-13,26H,3-4,14H2,1-2H3. The summed E-state index contributed by atoms with van der Waals surface area (Å²) < 4.78 is 15.7. The van der Waals surface area contributed by atoms with Crippen LogP contribution in [0, 0.1) is 0 Å². The van der Waals surface area contributed by atoms with Crippen molar-refractivity contribution < 1.29 is 28.6 Å². The summed E-state index contributed by atoms with van der Waals surface area (Å²) in [6.45, 7) is 3.09. The van der Waals surface area contributed by atoms with Crippen LogP contribution < -0.4 is 5.56 Å². The van der Waals surface area contributed by atoms with Gasteiger partial charge in [0.25, 0.3) is 5.56 Å². The topological polar surface area (TPSA) is 141 Å². The number of hydrogen-bond acceptors (Lipinski definition) is 9. The molecule has 1 aromatic heterocycles. The van der Waals surface area contributed by atoms with E-state index >= 15 is 0 Å². The maximum atomic E-state index is 12.9. The number of esters is 3. The Balaban J connectivity index is 1.82. The number of benzene rings is 2. The Morgan fingerprint density at radius 1 is 0.853 bits per heavy atom. The molecule has 0 radical (unpaired) electrons. The number of hydrogen-bond donors (Lipinski definition) is 1. The molecule has 0 fully saturated rings. The molecule has 34 heavy (non-hydrogen) atoms. The number of carbonyl (C=O) groups is 3. The lowest BCUT2D eigenvalue weighted by Crippen LogP contribution is -2.16. The zero-order chi connectivity index (χ0) is 24.5. The van der Waals surface area contributed by atoms with E-state index < -0.39 is 30.1 Å². The average Bonchev–Trinajstić information content (AvgIpc) is 3.18. The minimum atomic E-state index is -0.747. The second kappa shape index (κ2) is 11.4. The number of carbonyl (C=O) groups excluding carboxylic acids is 3. The van der Waals surface area contributed by atoms with E-state index in [2.05, 4.69) is 15.3 Å². The monoisotopic (exact) mass is 466 g/mol. The van der Waals surface area contributed by atoms with Crippen LogP contribution >= 0.6 is 0 Å². The van der Waals surface area contributed by atoms with Gasteiger partial charge in [-0.3, -0.25) is 9.89 Å². The molecule has 0 unspecified atom stereocenters. The fourth-order valence-corrected chi connectivity index (χ4v) is 2.81. The summed E-state index contributed by atoms with van der Waals surface area (Å²) in [7, 11) is 0. The van der Waals surface area contributed by atoms with Crippen molar-refractivity contribution in [2.75, 3.05) is 19.8 Å². The fourth-order valence-electron chi connectivity index (χ4n) is 2.81. The predicted octanol–water partition coefficient (Wildman–Crippen LogP) is 3.48. The van der Waals surface area contributed by atoms with Gasteiger partial charge in [0.05, 0.1) is 30.2 Å². The highest BCUT2D eigenvalue weighted by atomic mass is 16.6. The second-order valence-corrected chi connectivity index (χ2v) is 6.66. The van der Waals surface area contributed by atoms with Crippen molar-refractivity contribution in [3.63, 3.8) is 0 Å². The average molecular weight is 466 g/mol. The molecule has 0 atom stereocenters. The highest BCUT2D eigenvalue weighted by molar-refractivity contribution is 5.92. The van der Waals surface area contributed by atoms with E-state index in [1.807, 2.05) is 0 Å². The third-order valence-electron chi connectivity index (χ3n) is 4.35. The van der Waals surface area contributed by atoms with E-state index in [-0.39, 0.29) is 30.2 Å². The number of ether oxygens (including phenoxy) is 3. The van der Waals surface area contributed by atoms with Crippen LogP contribution in [0.3, 0.4) is 0 Å². The van der Waals surface area contributed by atoms with Crippen LogP contribution in [0.2, 0.25) is 0 Å². The summed E-state index contributed by atoms with van der Waals surface area (Å²) in [5, 5.41) is 10.7. The van der Waals surface area contributed by atoms with E-state index in [9.17, 15) is 19.2 Å². The lowest BCUT2D eigenvalue weighted by atomic mass is 10.2. The van der Waals surface area contributed by atoms with Crippen LogP contribution in [0.4, 0.5) is 11.4 Å². The third kappa shape index (κ3) is 5.82. The Morgan fingerprint density at radius 3 is 2.18 bits per heavy atom. The number of para-hydroxylation sites is 1. The van der Waals surface area contributed by atoms with Crippen molar-refractivity contribution in [1.82, 2.24) is 9.78 Å². The molecule has 0 spiro atoms. The van der Waals surface area contributed by atoms with Crippen LogP contribution in [0.5, 0.6) is 0 Å². The molecule has 3 aromatic rings. The first-order valence-electron chi connectivity index (χ1n) is 10.4. The SMILES string of the molecule is CCOC(=O)COC(=O)c1ccc(N=Nc2c(C(=O)OCC)[nH]n(-c3ccccc3)c2=O)cc1. The largest absolute Gasteiger partial charge is 0.463 e. The highest BCUT2D eigenvalue weighted by Crippen LogP contribution is 2.21. The van der Waals surface area contributed by atoms with Crippen LogP contribution in [0.1, 0.15) is 34.7 Å². The van der Waals surface area contributed by atoms with Crippen LogP contribution in [-0.4, -0.2) is 47.5 Å². The summed E-state index contributed by atoms with van der Waals surface area (Å²) in [6, 6.07) is 14.4. The molecule has 0 saturated heterocycles. The van der Waals surface area contributed by atoms with Crippen molar-refractivity contribution >= 4 is 29.3 Å². The Labute approximate surface area is 194 Å². The molecular weight excluding hydrogens is 444 g/mol. The highest BCUT2D eigenvalue weighted by Gasteiger charge is 2.22. The number of aromatic nitrogens is 2. The van der Waals surface area contributed by atoms with E-state index in [1.54, 1.807) is 44.2 Å². The first-order valence-corrected chi connectivity index (χ1v) is 10.4. The second-order valence-electron chi connectivity index (χ2n) is 6.66. The number of H-pyrrole nitrogens is 1. The van der Waals surface area contributed by atoms with Crippen LogP contribution in [-0.2, 0) is 19.0 Å². The molecule has 0 aliphatic heterocycles. The molecule has 2 aromatic carbocycles. The van der Waals surface area contributed by atoms with E-state index in [0.717, 1.165) is 0 Å². The maximum Gasteiger partial charge on any atom is 0.358 e. The third-order valence-corrected chi connectivity index (χ3v) is 4.35. The van der Waals surface area contributed by atoms with Crippen molar-refractivity contribution in [3.8, 4) is 5.69 Å². The molecule has 1 N–H and O–H groups in total. The maximum absolute atomic E-state index is 12.9. The van der Waals surface area contributed by atoms with Crippen molar-refractivity contribution in [3.05, 3.63) is 76.2 Å². The number of rotatable bonds is 9. The Kier molecular flexibility index (Phi) is 8.06. The summed E-state index contributed by atoms with van der Waals surface area (Å²) in [5.41, 5.74) is 0.0494. The molecule has 11 heteroatoms. The van der Waals surface area contributed by atoms with E-state index in [0.29, 0.717) is 11.4 Å². The zero-order valence-electron chi connectivity index (χ0n) is 18.5. The zero-order valence-corrected chi connectivity index (χ0v) is 18.5. The van der Waals surface area contributed by atoms with Crippen LogP contribution in [0.25, 0.3) is 5.69 Å². The normalized spacial score (nSPS) is 10.8. The molecule has 1 heterocycles. The number of nitrogens with zero attached hydrogens (tertiary/aromatic N) is 3. The Bertz CT molecular complexity index is 1240. The minimum absolute atomic E-state index is 0.113. The van der Waals surface area contributed by atoms with Gasteiger partial charge in [-0.05, 0) is 50.2 Å². The first kappa shape index (κ1) is 24.1. The Morgan fingerprint density at radius 2 is 1.53 bits per heavy atom. The van der Waals surface area contributed by atoms with Crippen LogP contribution in [0.15, 0.2) is 69.6 Å². The van der Waals surface area contributed by atoms with Crippen molar-refractivity contribution in [1.29, 1.82) is 0 Å². The van der Waals surface area contributed by atoms with Gasteiger partial charge in [0.2, 0.25) is 0 Å². The molecule has 3 rings (SSSR count). The number of azo groups is 1. The molecule has 0 bridgehead atoms. The van der Waals surface area contributed by atoms with Gasteiger partial charge in [-0.15, -0.1) is 5.11 Å². The Hall–Kier alpha value is -4.54. The van der Waals surface area contributed by atoms with Crippen molar-refractivity contribution in [2.45, 2.75) is 13.8 Å². The lowest BCUT2D eigenvalue weighted by molar-refractivity contribution is -0.146. The first-order chi connectivity index (χ1) is 16.4. The fraction of sp³-hybridized carbons (Fsp3) is 0.217. The van der Waals surface area contributed by atoms with Gasteiger partial charge < -0.3 is 14.2 Å².